The van der Waals surface area contributed by atoms with Gasteiger partial charge in [-0.3, -0.25) is 0 Å². The third-order valence-corrected chi connectivity index (χ3v) is 2.79. The number of aliphatic hydroxyl groups is 1. The van der Waals surface area contributed by atoms with Gasteiger partial charge in [-0.1, -0.05) is 12.2 Å². The van der Waals surface area contributed by atoms with Crippen LogP contribution in [0.15, 0.2) is 12.2 Å². The Labute approximate surface area is 92.6 Å². The summed E-state index contributed by atoms with van der Waals surface area (Å²) >= 11 is 0. The van der Waals surface area contributed by atoms with E-state index in [9.17, 15) is 9.90 Å². The molecule has 0 bridgehead atoms. The van der Waals surface area contributed by atoms with Crippen molar-refractivity contribution in [1.82, 2.24) is 4.81 Å². The monoisotopic (exact) mass is 207 g/mol. The molecule has 0 aromatic heterocycles. The minimum absolute atomic E-state index is 0.0623. The van der Waals surface area contributed by atoms with Gasteiger partial charge in [0.05, 0.1) is 6.10 Å². The van der Waals surface area contributed by atoms with Gasteiger partial charge in [0.1, 0.15) is 6.29 Å². The van der Waals surface area contributed by atoms with Crippen LogP contribution in [0.1, 0.15) is 32.1 Å². The Kier molecular flexibility index (Phi) is 5.65. The molecule has 4 heteroatoms. The molecule has 0 unspecified atom stereocenters. The fraction of sp³-hybridized carbons (Fsp3) is 0.727. The second-order valence-corrected chi connectivity index (χ2v) is 3.97. The van der Waals surface area contributed by atoms with Crippen molar-refractivity contribution in [2.75, 3.05) is 6.54 Å². The molecular weight excluding hydrogens is 189 g/mol. The molecule has 2 radical (unpaired) electrons. The third-order valence-electron chi connectivity index (χ3n) is 2.79. The van der Waals surface area contributed by atoms with Crippen molar-refractivity contribution in [1.29, 1.82) is 0 Å². The summed E-state index contributed by atoms with van der Waals surface area (Å²) in [5.41, 5.74) is 0. The maximum atomic E-state index is 10.1. The van der Waals surface area contributed by atoms with E-state index in [4.69, 9.17) is 7.98 Å². The molecule has 82 valence electrons. The first-order valence-corrected chi connectivity index (χ1v) is 5.53. The van der Waals surface area contributed by atoms with Crippen LogP contribution in [0.25, 0.3) is 0 Å². The number of nitrogens with zero attached hydrogens (tertiary/aromatic N) is 1. The second kappa shape index (κ2) is 6.80. The van der Waals surface area contributed by atoms with E-state index in [0.29, 0.717) is 6.42 Å². The quantitative estimate of drug-likeness (QED) is 0.303. The summed E-state index contributed by atoms with van der Waals surface area (Å²) in [6.45, 7) is 0.769. The number of hydrogen-bond donors (Lipinski definition) is 1. The molecule has 0 aliphatic carbocycles. The highest BCUT2D eigenvalue weighted by molar-refractivity contribution is 6.04. The zero-order valence-electron chi connectivity index (χ0n) is 9.01. The van der Waals surface area contributed by atoms with Crippen molar-refractivity contribution in [3.63, 3.8) is 0 Å². The Morgan fingerprint density at radius 3 is 2.80 bits per heavy atom. The predicted molar refractivity (Wildman–Crippen MR) is 60.5 cm³/mol. The average molecular weight is 207 g/mol. The van der Waals surface area contributed by atoms with E-state index in [2.05, 4.69) is 6.08 Å². The number of rotatable bonds is 6. The van der Waals surface area contributed by atoms with E-state index in [1.54, 1.807) is 4.81 Å². The number of aldehydes is 1. The highest BCUT2D eigenvalue weighted by atomic mass is 16.3. The van der Waals surface area contributed by atoms with Crippen molar-refractivity contribution < 1.29 is 9.90 Å². The van der Waals surface area contributed by atoms with Gasteiger partial charge in [-0.15, -0.1) is 0 Å². The van der Waals surface area contributed by atoms with E-state index < -0.39 is 0 Å². The van der Waals surface area contributed by atoms with Crippen molar-refractivity contribution >= 4 is 14.3 Å². The molecule has 3 nitrogen and oxygen atoms in total. The molecule has 0 aromatic rings. The molecule has 0 amide bonds. The summed E-state index contributed by atoms with van der Waals surface area (Å²) in [6.07, 6.45) is 8.75. The largest absolute Gasteiger partial charge is 0.391 e. The first kappa shape index (κ1) is 12.5. The van der Waals surface area contributed by atoms with E-state index in [1.165, 1.54) is 0 Å². The fourth-order valence-electron chi connectivity index (χ4n) is 1.83. The smallest absolute Gasteiger partial charge is 0.183 e. The maximum absolute atomic E-state index is 10.1. The normalized spacial score (nSPS) is 27.5. The molecule has 1 rings (SSSR count). The lowest BCUT2D eigenvalue weighted by molar-refractivity contribution is -0.107. The molecule has 1 fully saturated rings. The first-order valence-electron chi connectivity index (χ1n) is 5.53. The Morgan fingerprint density at radius 1 is 1.40 bits per heavy atom. The molecule has 1 heterocycles. The van der Waals surface area contributed by atoms with Gasteiger partial charge >= 0.3 is 0 Å². The predicted octanol–water partition coefficient (Wildman–Crippen LogP) is 0.821. The second-order valence-electron chi connectivity index (χ2n) is 3.97. The summed E-state index contributed by atoms with van der Waals surface area (Å²) in [5.74, 6) is 0. The maximum Gasteiger partial charge on any atom is 0.183 e. The van der Waals surface area contributed by atoms with Crippen LogP contribution in [0.4, 0.5) is 0 Å². The standard InChI is InChI=1S/C11H18BNO2/c12-13-8-7-11(15)10(13)6-4-2-1-3-5-9-14/h2,4,9-11,15H,1,3,5-8H2/b4-2-/t10-,11-/m0/s1. The van der Waals surface area contributed by atoms with Crippen LogP contribution >= 0.6 is 0 Å². The van der Waals surface area contributed by atoms with Crippen molar-refractivity contribution in [2.45, 2.75) is 44.2 Å². The number of hydrogen-bond acceptors (Lipinski definition) is 3. The van der Waals surface area contributed by atoms with Crippen LogP contribution in [0.2, 0.25) is 0 Å². The van der Waals surface area contributed by atoms with Gasteiger partial charge in [0.25, 0.3) is 0 Å². The van der Waals surface area contributed by atoms with Gasteiger partial charge < -0.3 is 14.7 Å². The molecule has 1 saturated heterocycles. The van der Waals surface area contributed by atoms with Crippen LogP contribution in [0.5, 0.6) is 0 Å². The molecule has 1 aliphatic heterocycles. The number of aliphatic hydroxyl groups excluding tert-OH is 1. The Bertz CT molecular complexity index is 211. The van der Waals surface area contributed by atoms with Crippen molar-refractivity contribution in [3.05, 3.63) is 12.2 Å². The zero-order valence-corrected chi connectivity index (χ0v) is 9.01. The summed E-state index contributed by atoms with van der Waals surface area (Å²) in [6, 6.07) is 0.0623. The van der Waals surface area contributed by atoms with Crippen molar-refractivity contribution in [3.8, 4) is 0 Å². The number of carbonyl (C=O) groups is 1. The first-order chi connectivity index (χ1) is 7.25. The Balaban J connectivity index is 2.15. The molecule has 1 aliphatic rings. The highest BCUT2D eigenvalue weighted by Crippen LogP contribution is 2.18. The number of carbonyl (C=O) groups excluding carboxylic acids is 1. The zero-order chi connectivity index (χ0) is 11.1. The average Bonchev–Trinajstić information content (AvgIpc) is 2.54. The highest BCUT2D eigenvalue weighted by Gasteiger charge is 2.27. The Morgan fingerprint density at radius 2 is 2.20 bits per heavy atom. The van der Waals surface area contributed by atoms with Gasteiger partial charge in [-0.05, 0) is 32.2 Å². The van der Waals surface area contributed by atoms with Crippen LogP contribution in [0, 0.1) is 0 Å². The lowest BCUT2D eigenvalue weighted by Crippen LogP contribution is -2.32. The van der Waals surface area contributed by atoms with E-state index >= 15 is 0 Å². The molecule has 0 saturated carbocycles. The van der Waals surface area contributed by atoms with Crippen LogP contribution in [-0.4, -0.2) is 42.9 Å². The fourth-order valence-corrected chi connectivity index (χ4v) is 1.83. The summed E-state index contributed by atoms with van der Waals surface area (Å²) in [5, 5.41) is 9.60. The minimum Gasteiger partial charge on any atom is -0.391 e. The van der Waals surface area contributed by atoms with E-state index in [0.717, 1.165) is 38.5 Å². The lowest BCUT2D eigenvalue weighted by Gasteiger charge is -2.20. The van der Waals surface area contributed by atoms with Gasteiger partial charge in [0.2, 0.25) is 0 Å². The van der Waals surface area contributed by atoms with E-state index in [1.807, 2.05) is 6.08 Å². The summed E-state index contributed by atoms with van der Waals surface area (Å²) in [7, 11) is 5.72. The molecule has 0 spiro atoms. The number of unbranched alkanes of at least 4 members (excludes halogenated alkanes) is 2. The SMILES string of the molecule is [B]N1CC[C@H](O)[C@@H]1C/C=C\CCCC=O. The van der Waals surface area contributed by atoms with E-state index in [-0.39, 0.29) is 12.1 Å². The van der Waals surface area contributed by atoms with Gasteiger partial charge in [-0.2, -0.15) is 0 Å². The van der Waals surface area contributed by atoms with Gasteiger partial charge in [0, 0.05) is 12.5 Å². The van der Waals surface area contributed by atoms with Gasteiger partial charge in [-0.25, -0.2) is 0 Å². The van der Waals surface area contributed by atoms with Crippen LogP contribution in [0.3, 0.4) is 0 Å². The van der Waals surface area contributed by atoms with Crippen LogP contribution < -0.4 is 0 Å². The van der Waals surface area contributed by atoms with Crippen molar-refractivity contribution in [2.24, 2.45) is 0 Å². The molecule has 1 N–H and O–H groups in total. The summed E-state index contributed by atoms with van der Waals surface area (Å²) in [4.78, 5) is 11.8. The third kappa shape index (κ3) is 4.18. The number of allylic oxidation sites excluding steroid dienone is 1. The van der Waals surface area contributed by atoms with Gasteiger partial charge in [0.15, 0.2) is 7.98 Å². The minimum atomic E-state index is -0.297. The summed E-state index contributed by atoms with van der Waals surface area (Å²) < 4.78 is 0. The topological polar surface area (TPSA) is 40.5 Å². The molecular formula is C11H18BNO2. The molecule has 0 aromatic carbocycles. The molecule has 15 heavy (non-hydrogen) atoms. The lowest BCUT2D eigenvalue weighted by atomic mass is 10.1. The van der Waals surface area contributed by atoms with Crippen LogP contribution in [-0.2, 0) is 4.79 Å². The Hall–Kier alpha value is -0.605. The molecule has 2 atom stereocenters.